The molecule has 3 aromatic rings. The first-order valence-electron chi connectivity index (χ1n) is 7.78. The summed E-state index contributed by atoms with van der Waals surface area (Å²) in [5.41, 5.74) is 4.43. The van der Waals surface area contributed by atoms with E-state index in [0.717, 1.165) is 22.5 Å². The Balaban J connectivity index is 2.25. The molecule has 3 rings (SSSR count). The predicted octanol–water partition coefficient (Wildman–Crippen LogP) is 3.24. The molecule has 0 saturated carbocycles. The number of aryl methyl sites for hydroxylation is 2. The van der Waals surface area contributed by atoms with Crippen LogP contribution in [0.2, 0.25) is 0 Å². The highest BCUT2D eigenvalue weighted by Gasteiger charge is 2.15. The van der Waals surface area contributed by atoms with Gasteiger partial charge in [0, 0.05) is 37.1 Å². The number of rotatable bonds is 4. The Hall–Kier alpha value is -2.95. The number of aromatic nitrogens is 4. The van der Waals surface area contributed by atoms with E-state index in [1.807, 2.05) is 37.4 Å². The van der Waals surface area contributed by atoms with Crippen LogP contribution in [-0.4, -0.2) is 19.1 Å². The number of hydrogen-bond acceptors (Lipinski definition) is 3. The van der Waals surface area contributed by atoms with Crippen LogP contribution >= 0.6 is 0 Å². The van der Waals surface area contributed by atoms with Crippen LogP contribution in [0.3, 0.4) is 0 Å². The van der Waals surface area contributed by atoms with Crippen molar-refractivity contribution in [2.24, 2.45) is 7.05 Å². The molecule has 0 fully saturated rings. The molecule has 0 amide bonds. The van der Waals surface area contributed by atoms with Crippen LogP contribution in [0.25, 0.3) is 22.6 Å². The number of pyridine rings is 2. The van der Waals surface area contributed by atoms with E-state index in [2.05, 4.69) is 23.1 Å². The number of imidazole rings is 1. The van der Waals surface area contributed by atoms with E-state index in [1.54, 1.807) is 23.9 Å². The molecule has 3 heterocycles. The maximum atomic E-state index is 12.0. The van der Waals surface area contributed by atoms with Crippen molar-refractivity contribution in [2.75, 3.05) is 0 Å². The van der Waals surface area contributed by atoms with Crippen LogP contribution in [0.1, 0.15) is 12.5 Å². The summed E-state index contributed by atoms with van der Waals surface area (Å²) < 4.78 is 3.71. The van der Waals surface area contributed by atoms with E-state index in [9.17, 15) is 4.79 Å². The first kappa shape index (κ1) is 15.9. The Morgan fingerprint density at radius 2 is 2.21 bits per heavy atom. The molecular weight excluding hydrogens is 300 g/mol. The largest absolute Gasteiger partial charge is 0.318 e. The lowest BCUT2D eigenvalue weighted by atomic mass is 10.2. The minimum Gasteiger partial charge on any atom is -0.318 e. The highest BCUT2D eigenvalue weighted by Crippen LogP contribution is 2.24. The summed E-state index contributed by atoms with van der Waals surface area (Å²) in [4.78, 5) is 21.0. The van der Waals surface area contributed by atoms with Gasteiger partial charge >= 0.3 is 0 Å². The molecule has 5 heteroatoms. The van der Waals surface area contributed by atoms with Crippen molar-refractivity contribution in [3.63, 3.8) is 0 Å². The Morgan fingerprint density at radius 3 is 2.92 bits per heavy atom. The zero-order chi connectivity index (χ0) is 17.3. The molecule has 0 radical (unpaired) electrons. The highest BCUT2D eigenvalue weighted by atomic mass is 16.1. The van der Waals surface area contributed by atoms with Crippen molar-refractivity contribution < 1.29 is 0 Å². The van der Waals surface area contributed by atoms with Gasteiger partial charge in [-0.1, -0.05) is 24.3 Å². The van der Waals surface area contributed by atoms with Crippen molar-refractivity contribution in [2.45, 2.75) is 20.4 Å². The molecule has 0 unspecified atom stereocenters. The first-order chi connectivity index (χ1) is 11.5. The van der Waals surface area contributed by atoms with Gasteiger partial charge in [0.1, 0.15) is 5.82 Å². The average Bonchev–Trinajstić information content (AvgIpc) is 2.91. The molecule has 0 aliphatic rings. The Bertz CT molecular complexity index is 982. The standard InChI is InChI=1S/C19H20N4O/c1-5-7-13(2)11-23-16-8-6-9-20-17(16)21-18(23)15-10-14(3)19(24)22(4)12-15/h5-10,12H,1,11H2,2-4H3. The highest BCUT2D eigenvalue weighted by molar-refractivity contribution is 5.77. The molecule has 5 nitrogen and oxygen atoms in total. The van der Waals surface area contributed by atoms with Crippen molar-refractivity contribution in [1.82, 2.24) is 19.1 Å². The SMILES string of the molecule is C=CC=C(C)Cn1c(-c2cc(C)c(=O)n(C)c2)nc2ncccc21. The number of nitrogens with zero attached hydrogens (tertiary/aromatic N) is 4. The molecule has 122 valence electrons. The quantitative estimate of drug-likeness (QED) is 0.694. The lowest BCUT2D eigenvalue weighted by molar-refractivity contribution is 0.807. The number of fused-ring (bicyclic) bond motifs is 1. The fraction of sp³-hybridized carbons (Fsp3) is 0.211. The van der Waals surface area contributed by atoms with Gasteiger partial charge < -0.3 is 9.13 Å². The van der Waals surface area contributed by atoms with Crippen LogP contribution in [0.5, 0.6) is 0 Å². The molecule has 0 N–H and O–H groups in total. The van der Waals surface area contributed by atoms with Gasteiger partial charge in [-0.05, 0) is 32.0 Å². The summed E-state index contributed by atoms with van der Waals surface area (Å²) in [5, 5.41) is 0. The molecule has 0 bridgehead atoms. The molecule has 0 aliphatic carbocycles. The van der Waals surface area contributed by atoms with Gasteiger partial charge in [0.25, 0.3) is 5.56 Å². The maximum absolute atomic E-state index is 12.0. The van der Waals surface area contributed by atoms with Gasteiger partial charge in [0.2, 0.25) is 0 Å². The molecule has 0 aromatic carbocycles. The second-order valence-corrected chi connectivity index (χ2v) is 5.94. The molecule has 3 aromatic heterocycles. The molecule has 0 spiro atoms. The zero-order valence-electron chi connectivity index (χ0n) is 14.2. The minimum absolute atomic E-state index is 0.00210. The molecular formula is C19H20N4O. The van der Waals surface area contributed by atoms with Crippen LogP contribution in [-0.2, 0) is 13.6 Å². The van der Waals surface area contributed by atoms with Crippen molar-refractivity contribution in [1.29, 1.82) is 0 Å². The summed E-state index contributed by atoms with van der Waals surface area (Å²) in [6.45, 7) is 8.31. The van der Waals surface area contributed by atoms with Gasteiger partial charge in [-0.2, -0.15) is 0 Å². The van der Waals surface area contributed by atoms with Crippen molar-refractivity contribution in [3.8, 4) is 11.4 Å². The zero-order valence-corrected chi connectivity index (χ0v) is 14.2. The lowest BCUT2D eigenvalue weighted by Gasteiger charge is -2.11. The van der Waals surface area contributed by atoms with E-state index in [1.165, 1.54) is 0 Å². The van der Waals surface area contributed by atoms with E-state index >= 15 is 0 Å². The number of hydrogen-bond donors (Lipinski definition) is 0. The fourth-order valence-corrected chi connectivity index (χ4v) is 2.84. The van der Waals surface area contributed by atoms with E-state index in [-0.39, 0.29) is 5.56 Å². The molecule has 24 heavy (non-hydrogen) atoms. The second-order valence-electron chi connectivity index (χ2n) is 5.94. The van der Waals surface area contributed by atoms with Crippen molar-refractivity contribution in [3.05, 3.63) is 70.8 Å². The molecule has 0 saturated heterocycles. The van der Waals surface area contributed by atoms with Gasteiger partial charge in [-0.25, -0.2) is 9.97 Å². The average molecular weight is 320 g/mol. The van der Waals surface area contributed by atoms with Crippen LogP contribution in [0.4, 0.5) is 0 Å². The van der Waals surface area contributed by atoms with Crippen LogP contribution in [0.15, 0.2) is 59.7 Å². The normalized spacial score (nSPS) is 11.9. The monoisotopic (exact) mass is 320 g/mol. The van der Waals surface area contributed by atoms with Crippen LogP contribution < -0.4 is 5.56 Å². The molecule has 0 atom stereocenters. The summed E-state index contributed by atoms with van der Waals surface area (Å²) >= 11 is 0. The topological polar surface area (TPSA) is 52.7 Å². The Kier molecular flexibility index (Phi) is 4.16. The van der Waals surface area contributed by atoms with Crippen molar-refractivity contribution >= 4 is 11.2 Å². The summed E-state index contributed by atoms with van der Waals surface area (Å²) in [5.74, 6) is 0.805. The van der Waals surface area contributed by atoms with Gasteiger partial charge in [0.05, 0.1) is 5.52 Å². The number of allylic oxidation sites excluding steroid dienone is 3. The van der Waals surface area contributed by atoms with Gasteiger partial charge in [-0.15, -0.1) is 0 Å². The van der Waals surface area contributed by atoms with E-state index < -0.39 is 0 Å². The third-order valence-electron chi connectivity index (χ3n) is 3.95. The summed E-state index contributed by atoms with van der Waals surface area (Å²) in [7, 11) is 1.76. The summed E-state index contributed by atoms with van der Waals surface area (Å²) in [6.07, 6.45) is 7.32. The van der Waals surface area contributed by atoms with E-state index in [0.29, 0.717) is 17.8 Å². The summed E-state index contributed by atoms with van der Waals surface area (Å²) in [6, 6.07) is 5.80. The third-order valence-corrected chi connectivity index (χ3v) is 3.95. The lowest BCUT2D eigenvalue weighted by Crippen LogP contribution is -2.18. The minimum atomic E-state index is 0.00210. The Morgan fingerprint density at radius 1 is 1.42 bits per heavy atom. The van der Waals surface area contributed by atoms with Gasteiger partial charge in [0.15, 0.2) is 5.65 Å². The second kappa shape index (κ2) is 6.28. The smallest absolute Gasteiger partial charge is 0.253 e. The first-order valence-corrected chi connectivity index (χ1v) is 7.78. The third kappa shape index (κ3) is 2.80. The van der Waals surface area contributed by atoms with Crippen LogP contribution in [0, 0.1) is 6.92 Å². The Labute approximate surface area is 140 Å². The fourth-order valence-electron chi connectivity index (χ4n) is 2.84. The predicted molar refractivity (Wildman–Crippen MR) is 96.9 cm³/mol. The maximum Gasteiger partial charge on any atom is 0.253 e. The molecule has 0 aliphatic heterocycles. The van der Waals surface area contributed by atoms with E-state index in [4.69, 9.17) is 4.98 Å². The van der Waals surface area contributed by atoms with Gasteiger partial charge in [-0.3, -0.25) is 4.79 Å².